The highest BCUT2D eigenvalue weighted by molar-refractivity contribution is 6.33. The van der Waals surface area contributed by atoms with Gasteiger partial charge in [0, 0.05) is 17.6 Å². The molecule has 1 fully saturated rings. The number of carbonyl (C=O) groups is 1. The molecule has 0 bridgehead atoms. The van der Waals surface area contributed by atoms with Crippen molar-refractivity contribution in [2.24, 2.45) is 11.5 Å². The van der Waals surface area contributed by atoms with Gasteiger partial charge in [-0.15, -0.1) is 12.4 Å². The number of carbonyl (C=O) groups excluding carboxylic acids is 1. The van der Waals surface area contributed by atoms with Crippen LogP contribution in [0.25, 0.3) is 0 Å². The first-order chi connectivity index (χ1) is 8.58. The summed E-state index contributed by atoms with van der Waals surface area (Å²) in [5, 5.41) is 3.86. The molecule has 1 aliphatic carbocycles. The molecule has 1 aliphatic rings. The number of halogens is 2. The molecule has 0 heterocycles. The van der Waals surface area contributed by atoms with E-state index in [1.165, 1.54) is 12.8 Å². The molecule has 1 aromatic rings. The molecule has 4 nitrogen and oxygen atoms in total. The first-order valence-corrected chi connectivity index (χ1v) is 6.57. The summed E-state index contributed by atoms with van der Waals surface area (Å²) in [5.41, 5.74) is 12.5. The van der Waals surface area contributed by atoms with Crippen molar-refractivity contribution in [1.29, 1.82) is 0 Å². The minimum atomic E-state index is -0.474. The topological polar surface area (TPSA) is 81.1 Å². The molecule has 1 amide bonds. The third kappa shape index (κ3) is 4.00. The molecular formula is C13H19Cl2N3O. The Morgan fingerprint density at radius 2 is 2.00 bits per heavy atom. The van der Waals surface area contributed by atoms with Gasteiger partial charge in [-0.3, -0.25) is 4.79 Å². The van der Waals surface area contributed by atoms with Gasteiger partial charge in [0.1, 0.15) is 0 Å². The largest absolute Gasteiger partial charge is 0.380 e. The Kier molecular flexibility index (Phi) is 5.91. The van der Waals surface area contributed by atoms with E-state index in [0.29, 0.717) is 10.6 Å². The molecule has 1 saturated carbocycles. The molecule has 19 heavy (non-hydrogen) atoms. The first kappa shape index (κ1) is 16.1. The average molecular weight is 304 g/mol. The van der Waals surface area contributed by atoms with Gasteiger partial charge in [-0.05, 0) is 31.0 Å². The number of hydrogen-bond acceptors (Lipinski definition) is 3. The van der Waals surface area contributed by atoms with E-state index in [9.17, 15) is 4.79 Å². The number of amides is 1. The zero-order valence-corrected chi connectivity index (χ0v) is 12.1. The van der Waals surface area contributed by atoms with Crippen molar-refractivity contribution in [3.63, 3.8) is 0 Å². The van der Waals surface area contributed by atoms with Crippen LogP contribution in [0.5, 0.6) is 0 Å². The van der Waals surface area contributed by atoms with Crippen LogP contribution in [0, 0.1) is 0 Å². The molecule has 2 atom stereocenters. The lowest BCUT2D eigenvalue weighted by atomic mass is 9.91. The maximum Gasteiger partial charge on any atom is 0.248 e. The molecule has 2 rings (SSSR count). The van der Waals surface area contributed by atoms with Gasteiger partial charge in [-0.25, -0.2) is 0 Å². The Balaban J connectivity index is 0.00000180. The van der Waals surface area contributed by atoms with Gasteiger partial charge in [-0.2, -0.15) is 0 Å². The first-order valence-electron chi connectivity index (χ1n) is 6.19. The standard InChI is InChI=1S/C13H18ClN3O.ClH/c14-9-7-8(13(16)18)5-6-11(9)17-12-4-2-1-3-10(12)15;/h5-7,10,12,17H,1-4,15H2,(H2,16,18);1H/t10-,12-;/m1./s1. The van der Waals surface area contributed by atoms with E-state index in [4.69, 9.17) is 23.1 Å². The smallest absolute Gasteiger partial charge is 0.248 e. The Morgan fingerprint density at radius 1 is 1.32 bits per heavy atom. The number of nitrogens with one attached hydrogen (secondary N) is 1. The zero-order valence-electron chi connectivity index (χ0n) is 10.6. The van der Waals surface area contributed by atoms with Crippen LogP contribution in [0.3, 0.4) is 0 Å². The van der Waals surface area contributed by atoms with Crippen molar-refractivity contribution >= 4 is 35.6 Å². The third-order valence-electron chi connectivity index (χ3n) is 3.41. The minimum absolute atomic E-state index is 0. The summed E-state index contributed by atoms with van der Waals surface area (Å²) in [6, 6.07) is 5.44. The van der Waals surface area contributed by atoms with E-state index >= 15 is 0 Å². The van der Waals surface area contributed by atoms with E-state index in [-0.39, 0.29) is 24.5 Å². The predicted molar refractivity (Wildman–Crippen MR) is 81.1 cm³/mol. The Hall–Kier alpha value is -0.970. The fraction of sp³-hybridized carbons (Fsp3) is 0.462. The van der Waals surface area contributed by atoms with Crippen LogP contribution in [-0.2, 0) is 0 Å². The molecule has 0 aliphatic heterocycles. The lowest BCUT2D eigenvalue weighted by molar-refractivity contribution is 0.100. The Labute approximate surface area is 124 Å². The zero-order chi connectivity index (χ0) is 13.1. The van der Waals surface area contributed by atoms with Crippen LogP contribution in [-0.4, -0.2) is 18.0 Å². The lowest BCUT2D eigenvalue weighted by Crippen LogP contribution is -2.42. The van der Waals surface area contributed by atoms with Crippen LogP contribution in [0.15, 0.2) is 18.2 Å². The van der Waals surface area contributed by atoms with Gasteiger partial charge in [0.15, 0.2) is 0 Å². The SMILES string of the molecule is Cl.NC(=O)c1ccc(N[C@@H]2CCCC[C@H]2N)c(Cl)c1. The second kappa shape index (κ2) is 6.98. The van der Waals surface area contributed by atoms with Gasteiger partial charge in [-0.1, -0.05) is 24.4 Å². The maximum absolute atomic E-state index is 11.0. The van der Waals surface area contributed by atoms with Crippen molar-refractivity contribution < 1.29 is 4.79 Å². The Morgan fingerprint density at radius 3 is 2.58 bits per heavy atom. The number of hydrogen-bond donors (Lipinski definition) is 3. The van der Waals surface area contributed by atoms with E-state index < -0.39 is 5.91 Å². The Bertz CT molecular complexity index is 454. The van der Waals surface area contributed by atoms with Crippen LogP contribution in [0.1, 0.15) is 36.0 Å². The van der Waals surface area contributed by atoms with Crippen LogP contribution >= 0.6 is 24.0 Å². The molecule has 0 aromatic heterocycles. The summed E-state index contributed by atoms with van der Waals surface area (Å²) in [6.45, 7) is 0. The van der Waals surface area contributed by atoms with Crippen LogP contribution in [0.4, 0.5) is 5.69 Å². The second-order valence-electron chi connectivity index (χ2n) is 4.76. The normalized spacial score (nSPS) is 22.4. The van der Waals surface area contributed by atoms with Crippen molar-refractivity contribution in [2.45, 2.75) is 37.8 Å². The maximum atomic E-state index is 11.0. The fourth-order valence-electron chi connectivity index (χ4n) is 2.32. The van der Waals surface area contributed by atoms with Crippen molar-refractivity contribution in [2.75, 3.05) is 5.32 Å². The number of benzene rings is 1. The number of nitrogens with two attached hydrogens (primary N) is 2. The third-order valence-corrected chi connectivity index (χ3v) is 3.73. The molecule has 6 heteroatoms. The summed E-state index contributed by atoms with van der Waals surface area (Å²) in [6.07, 6.45) is 4.46. The van der Waals surface area contributed by atoms with Crippen molar-refractivity contribution in [3.8, 4) is 0 Å². The number of primary amides is 1. The van der Waals surface area contributed by atoms with Crippen LogP contribution < -0.4 is 16.8 Å². The molecule has 106 valence electrons. The summed E-state index contributed by atoms with van der Waals surface area (Å²) in [5.74, 6) is -0.474. The highest BCUT2D eigenvalue weighted by Crippen LogP contribution is 2.27. The highest BCUT2D eigenvalue weighted by Gasteiger charge is 2.22. The predicted octanol–water partition coefficient (Wildman–Crippen LogP) is 2.54. The van der Waals surface area contributed by atoms with Gasteiger partial charge in [0.2, 0.25) is 5.91 Å². The average Bonchev–Trinajstić information content (AvgIpc) is 2.34. The summed E-state index contributed by atoms with van der Waals surface area (Å²) in [7, 11) is 0. The summed E-state index contributed by atoms with van der Waals surface area (Å²) in [4.78, 5) is 11.0. The summed E-state index contributed by atoms with van der Waals surface area (Å²) >= 11 is 6.13. The molecule has 1 aromatic carbocycles. The molecule has 0 saturated heterocycles. The van der Waals surface area contributed by atoms with E-state index in [0.717, 1.165) is 18.5 Å². The second-order valence-corrected chi connectivity index (χ2v) is 5.17. The molecule has 0 radical (unpaired) electrons. The monoisotopic (exact) mass is 303 g/mol. The quantitative estimate of drug-likeness (QED) is 0.802. The lowest BCUT2D eigenvalue weighted by Gasteiger charge is -2.30. The summed E-state index contributed by atoms with van der Waals surface area (Å²) < 4.78 is 0. The number of rotatable bonds is 3. The fourth-order valence-corrected chi connectivity index (χ4v) is 2.56. The van der Waals surface area contributed by atoms with Gasteiger partial charge >= 0.3 is 0 Å². The number of anilines is 1. The van der Waals surface area contributed by atoms with Crippen molar-refractivity contribution in [1.82, 2.24) is 0 Å². The van der Waals surface area contributed by atoms with Crippen molar-refractivity contribution in [3.05, 3.63) is 28.8 Å². The molecule has 5 N–H and O–H groups in total. The minimum Gasteiger partial charge on any atom is -0.380 e. The molecule has 0 spiro atoms. The van der Waals surface area contributed by atoms with Gasteiger partial charge in [0.05, 0.1) is 10.7 Å². The molecule has 0 unspecified atom stereocenters. The van der Waals surface area contributed by atoms with Gasteiger partial charge in [0.25, 0.3) is 0 Å². The van der Waals surface area contributed by atoms with E-state index in [1.807, 2.05) is 0 Å². The molecular weight excluding hydrogens is 285 g/mol. The van der Waals surface area contributed by atoms with E-state index in [2.05, 4.69) is 5.32 Å². The highest BCUT2D eigenvalue weighted by atomic mass is 35.5. The van der Waals surface area contributed by atoms with Crippen LogP contribution in [0.2, 0.25) is 5.02 Å². The van der Waals surface area contributed by atoms with E-state index in [1.54, 1.807) is 18.2 Å². The van der Waals surface area contributed by atoms with Gasteiger partial charge < -0.3 is 16.8 Å².